The van der Waals surface area contributed by atoms with Crippen LogP contribution in [-0.4, -0.2) is 48.2 Å². The Morgan fingerprint density at radius 1 is 1.26 bits per heavy atom. The van der Waals surface area contributed by atoms with Crippen LogP contribution in [0.15, 0.2) is 18.2 Å². The van der Waals surface area contributed by atoms with Crippen LogP contribution < -0.4 is 4.90 Å². The number of aryl methyl sites for hydroxylation is 1. The molecule has 1 aliphatic rings. The maximum absolute atomic E-state index is 11.0. The Kier molecular flexibility index (Phi) is 3.80. The second-order valence-corrected chi connectivity index (χ2v) is 5.57. The van der Waals surface area contributed by atoms with Crippen LogP contribution in [0.3, 0.4) is 0 Å². The quantitative estimate of drug-likeness (QED) is 0.887. The van der Waals surface area contributed by atoms with Crippen LogP contribution in [0.5, 0.6) is 0 Å². The molecular weight excluding hydrogens is 240 g/mol. The van der Waals surface area contributed by atoms with Crippen molar-refractivity contribution in [2.45, 2.75) is 32.9 Å². The van der Waals surface area contributed by atoms with Crippen molar-refractivity contribution >= 4 is 11.7 Å². The fraction of sp³-hybridized carbons (Fsp3) is 0.533. The molecule has 0 saturated carbocycles. The van der Waals surface area contributed by atoms with Gasteiger partial charge in [0, 0.05) is 30.9 Å². The summed E-state index contributed by atoms with van der Waals surface area (Å²) in [6.07, 6.45) is 0. The minimum atomic E-state index is -0.857. The fourth-order valence-corrected chi connectivity index (χ4v) is 2.70. The molecule has 0 aliphatic carbocycles. The van der Waals surface area contributed by atoms with Crippen molar-refractivity contribution in [1.82, 2.24) is 4.90 Å². The fourth-order valence-electron chi connectivity index (χ4n) is 2.70. The molecule has 2 atom stereocenters. The lowest BCUT2D eigenvalue weighted by atomic mass is 10.0. The van der Waals surface area contributed by atoms with E-state index in [1.807, 2.05) is 19.1 Å². The maximum atomic E-state index is 11.0. The van der Waals surface area contributed by atoms with E-state index in [0.717, 1.165) is 24.3 Å². The van der Waals surface area contributed by atoms with Crippen LogP contribution in [0.4, 0.5) is 5.69 Å². The summed E-state index contributed by atoms with van der Waals surface area (Å²) in [5, 5.41) is 9.07. The molecule has 1 aromatic rings. The Bertz CT molecular complexity index is 475. The van der Waals surface area contributed by atoms with Gasteiger partial charge in [0.15, 0.2) is 0 Å². The van der Waals surface area contributed by atoms with Gasteiger partial charge in [-0.2, -0.15) is 0 Å². The zero-order valence-corrected chi connectivity index (χ0v) is 12.1. The molecular formula is C15H22N2O2. The molecule has 0 bridgehead atoms. The van der Waals surface area contributed by atoms with Crippen LogP contribution in [0.1, 0.15) is 29.8 Å². The van der Waals surface area contributed by atoms with E-state index in [-0.39, 0.29) is 0 Å². The molecule has 0 radical (unpaired) electrons. The maximum Gasteiger partial charge on any atom is 0.335 e. The van der Waals surface area contributed by atoms with Gasteiger partial charge in [-0.05, 0) is 51.6 Å². The van der Waals surface area contributed by atoms with Gasteiger partial charge in [-0.15, -0.1) is 0 Å². The number of piperazine rings is 1. The number of hydrogen-bond donors (Lipinski definition) is 1. The van der Waals surface area contributed by atoms with Crippen molar-refractivity contribution in [3.63, 3.8) is 0 Å². The number of nitrogens with zero attached hydrogens (tertiary/aromatic N) is 2. The van der Waals surface area contributed by atoms with E-state index in [1.165, 1.54) is 0 Å². The van der Waals surface area contributed by atoms with Gasteiger partial charge < -0.3 is 10.0 Å². The molecule has 1 fully saturated rings. The lowest BCUT2D eigenvalue weighted by Crippen LogP contribution is -2.55. The zero-order valence-electron chi connectivity index (χ0n) is 12.1. The van der Waals surface area contributed by atoms with Crippen molar-refractivity contribution in [3.8, 4) is 0 Å². The molecule has 1 saturated heterocycles. The number of rotatable bonds is 2. The van der Waals surface area contributed by atoms with Crippen LogP contribution >= 0.6 is 0 Å². The second-order valence-electron chi connectivity index (χ2n) is 5.57. The van der Waals surface area contributed by atoms with Crippen LogP contribution in [-0.2, 0) is 0 Å². The van der Waals surface area contributed by atoms with E-state index in [4.69, 9.17) is 5.11 Å². The second kappa shape index (κ2) is 5.21. The minimum absolute atomic E-state index is 0.388. The van der Waals surface area contributed by atoms with Gasteiger partial charge in [-0.1, -0.05) is 0 Å². The largest absolute Gasteiger partial charge is 0.478 e. The van der Waals surface area contributed by atoms with E-state index in [2.05, 4.69) is 30.7 Å². The third-order valence-corrected chi connectivity index (χ3v) is 4.17. The van der Waals surface area contributed by atoms with Gasteiger partial charge in [0.2, 0.25) is 0 Å². The molecule has 0 amide bonds. The van der Waals surface area contributed by atoms with E-state index in [1.54, 1.807) is 6.07 Å². The first kappa shape index (κ1) is 13.9. The van der Waals surface area contributed by atoms with E-state index in [0.29, 0.717) is 17.6 Å². The monoisotopic (exact) mass is 262 g/mol. The average molecular weight is 262 g/mol. The summed E-state index contributed by atoms with van der Waals surface area (Å²) in [5.41, 5.74) is 2.33. The summed E-state index contributed by atoms with van der Waals surface area (Å²) in [7, 11) is 2.16. The summed E-state index contributed by atoms with van der Waals surface area (Å²) in [5.74, 6) is -0.857. The molecule has 104 valence electrons. The van der Waals surface area contributed by atoms with E-state index in [9.17, 15) is 4.79 Å². The Balaban J connectivity index is 2.23. The molecule has 0 spiro atoms. The molecule has 1 N–H and O–H groups in total. The van der Waals surface area contributed by atoms with Crippen LogP contribution in [0.25, 0.3) is 0 Å². The van der Waals surface area contributed by atoms with Gasteiger partial charge in [0.1, 0.15) is 0 Å². The van der Waals surface area contributed by atoms with Gasteiger partial charge in [-0.3, -0.25) is 4.90 Å². The van der Waals surface area contributed by atoms with Crippen molar-refractivity contribution in [1.29, 1.82) is 0 Å². The number of likely N-dealkylation sites (N-methyl/N-ethyl adjacent to an activating group) is 1. The SMILES string of the molecule is Cc1cc(N2C[C@@H](C)N(C)[C@@H](C)C2)ccc1C(=O)O. The Morgan fingerprint density at radius 2 is 1.84 bits per heavy atom. The molecule has 4 nitrogen and oxygen atoms in total. The first-order chi connectivity index (χ1) is 8.90. The highest BCUT2D eigenvalue weighted by Crippen LogP contribution is 2.24. The predicted molar refractivity (Wildman–Crippen MR) is 77.0 cm³/mol. The highest BCUT2D eigenvalue weighted by molar-refractivity contribution is 5.89. The number of anilines is 1. The van der Waals surface area contributed by atoms with Crippen LogP contribution in [0, 0.1) is 6.92 Å². The lowest BCUT2D eigenvalue weighted by molar-refractivity contribution is 0.0696. The highest BCUT2D eigenvalue weighted by atomic mass is 16.4. The summed E-state index contributed by atoms with van der Waals surface area (Å²) in [6, 6.07) is 6.61. The zero-order chi connectivity index (χ0) is 14.2. The smallest absolute Gasteiger partial charge is 0.335 e. The summed E-state index contributed by atoms with van der Waals surface area (Å²) < 4.78 is 0. The van der Waals surface area contributed by atoms with Crippen molar-refractivity contribution < 1.29 is 9.90 Å². The van der Waals surface area contributed by atoms with Gasteiger partial charge >= 0.3 is 5.97 Å². The molecule has 2 rings (SSSR count). The standard InChI is InChI=1S/C15H22N2O2/c1-10-7-13(5-6-14(10)15(18)19)17-8-11(2)16(4)12(3)9-17/h5-7,11-12H,8-9H2,1-4H3,(H,18,19)/t11-,12+. The van der Waals surface area contributed by atoms with Crippen molar-refractivity contribution in [2.24, 2.45) is 0 Å². The summed E-state index contributed by atoms with van der Waals surface area (Å²) >= 11 is 0. The molecule has 0 unspecified atom stereocenters. The number of benzene rings is 1. The van der Waals surface area contributed by atoms with Crippen LogP contribution in [0.2, 0.25) is 0 Å². The first-order valence-corrected chi connectivity index (χ1v) is 6.71. The van der Waals surface area contributed by atoms with Gasteiger partial charge in [-0.25, -0.2) is 4.79 Å². The number of hydrogen-bond acceptors (Lipinski definition) is 3. The molecule has 1 heterocycles. The molecule has 19 heavy (non-hydrogen) atoms. The number of carbonyl (C=O) groups is 1. The average Bonchev–Trinajstić information content (AvgIpc) is 2.34. The van der Waals surface area contributed by atoms with Crippen molar-refractivity contribution in [3.05, 3.63) is 29.3 Å². The number of carboxylic acid groups (broad SMARTS) is 1. The van der Waals surface area contributed by atoms with Gasteiger partial charge in [0.25, 0.3) is 0 Å². The topological polar surface area (TPSA) is 43.8 Å². The van der Waals surface area contributed by atoms with Crippen molar-refractivity contribution in [2.75, 3.05) is 25.0 Å². The summed E-state index contributed by atoms with van der Waals surface area (Å²) in [4.78, 5) is 15.8. The highest BCUT2D eigenvalue weighted by Gasteiger charge is 2.26. The number of aromatic carboxylic acids is 1. The Labute approximate surface area is 114 Å². The molecule has 0 aromatic heterocycles. The molecule has 1 aromatic carbocycles. The molecule has 1 aliphatic heterocycles. The van der Waals surface area contributed by atoms with Gasteiger partial charge in [0.05, 0.1) is 5.56 Å². The summed E-state index contributed by atoms with van der Waals surface area (Å²) in [6.45, 7) is 8.26. The first-order valence-electron chi connectivity index (χ1n) is 6.71. The third-order valence-electron chi connectivity index (χ3n) is 4.17. The normalized spacial score (nSPS) is 24.5. The number of carboxylic acids is 1. The van der Waals surface area contributed by atoms with E-state index >= 15 is 0 Å². The molecule has 4 heteroatoms. The Morgan fingerprint density at radius 3 is 2.32 bits per heavy atom. The minimum Gasteiger partial charge on any atom is -0.478 e. The third kappa shape index (κ3) is 2.73. The Hall–Kier alpha value is -1.55. The van der Waals surface area contributed by atoms with E-state index < -0.39 is 5.97 Å². The predicted octanol–water partition coefficient (Wildman–Crippen LogP) is 2.22. The lowest BCUT2D eigenvalue weighted by Gasteiger charge is -2.43.